The fraction of sp³-hybridized carbons (Fsp3) is 0.407. The number of aliphatic imine (C=N–C) groups is 1. The van der Waals surface area contributed by atoms with Crippen molar-refractivity contribution in [2.75, 3.05) is 13.2 Å². The number of nitrogens with one attached hydrogen (secondary N) is 3. The fourth-order valence-corrected chi connectivity index (χ4v) is 5.40. The SMILES string of the molecule is CC12CC(C=N)C(=Nc3ccc(F)cc3)C=C1CCC2CC(NC(=O)NCCO)c1cccnc1. The molecule has 2 aliphatic carbocycles. The molecule has 4 atom stereocenters. The highest BCUT2D eigenvalue weighted by molar-refractivity contribution is 6.07. The molecule has 0 spiro atoms. The topological polar surface area (TPSA) is 110 Å². The summed E-state index contributed by atoms with van der Waals surface area (Å²) in [5.74, 6) is -0.133. The first kappa shape index (κ1) is 24.7. The van der Waals surface area contributed by atoms with Gasteiger partial charge in [0.2, 0.25) is 0 Å². The van der Waals surface area contributed by atoms with Crippen LogP contribution in [0.1, 0.15) is 44.2 Å². The molecular weight excluding hydrogens is 445 g/mol. The molecule has 2 aromatic rings. The molecule has 1 heterocycles. The molecule has 1 fully saturated rings. The number of carbonyl (C=O) groups excluding carboxylic acids is 1. The first-order valence-electron chi connectivity index (χ1n) is 12.0. The van der Waals surface area contributed by atoms with Gasteiger partial charge in [-0.05, 0) is 79.0 Å². The number of aliphatic hydroxyl groups excluding tert-OH is 1. The molecule has 2 amide bonds. The Morgan fingerprint density at radius 3 is 2.86 bits per heavy atom. The zero-order valence-corrected chi connectivity index (χ0v) is 19.9. The van der Waals surface area contributed by atoms with Gasteiger partial charge in [-0.1, -0.05) is 18.6 Å². The number of benzene rings is 1. The van der Waals surface area contributed by atoms with Crippen molar-refractivity contribution in [3.05, 3.63) is 71.8 Å². The molecule has 4 rings (SSSR count). The minimum atomic E-state index is -0.318. The molecule has 0 radical (unpaired) electrons. The number of allylic oxidation sites excluding steroid dienone is 2. The van der Waals surface area contributed by atoms with Gasteiger partial charge in [0.05, 0.1) is 18.3 Å². The minimum Gasteiger partial charge on any atom is -0.395 e. The highest BCUT2D eigenvalue weighted by Gasteiger charge is 2.47. The summed E-state index contributed by atoms with van der Waals surface area (Å²) >= 11 is 0. The molecular formula is C27H32FN5O2. The van der Waals surface area contributed by atoms with E-state index in [0.29, 0.717) is 11.6 Å². The normalized spacial score (nSPS) is 25.5. The predicted octanol–water partition coefficient (Wildman–Crippen LogP) is 4.73. The summed E-state index contributed by atoms with van der Waals surface area (Å²) in [4.78, 5) is 21.4. The predicted molar refractivity (Wildman–Crippen MR) is 135 cm³/mol. The van der Waals surface area contributed by atoms with E-state index in [9.17, 15) is 9.18 Å². The molecule has 1 aromatic carbocycles. The lowest BCUT2D eigenvalue weighted by molar-refractivity contribution is 0.202. The number of amides is 2. The van der Waals surface area contributed by atoms with E-state index in [-0.39, 0.29) is 42.4 Å². The van der Waals surface area contributed by atoms with Crippen molar-refractivity contribution >= 4 is 23.6 Å². The Kier molecular flexibility index (Phi) is 7.70. The number of hydrogen-bond donors (Lipinski definition) is 4. The van der Waals surface area contributed by atoms with Gasteiger partial charge in [0.1, 0.15) is 5.82 Å². The number of nitrogens with zero attached hydrogens (tertiary/aromatic N) is 2. The van der Waals surface area contributed by atoms with Gasteiger partial charge in [-0.3, -0.25) is 9.98 Å². The van der Waals surface area contributed by atoms with E-state index >= 15 is 0 Å². The van der Waals surface area contributed by atoms with Gasteiger partial charge in [-0.25, -0.2) is 9.18 Å². The van der Waals surface area contributed by atoms with Crippen LogP contribution in [0.2, 0.25) is 0 Å². The second kappa shape index (κ2) is 10.9. The van der Waals surface area contributed by atoms with Crippen molar-refractivity contribution in [3.63, 3.8) is 0 Å². The highest BCUT2D eigenvalue weighted by atomic mass is 19.1. The van der Waals surface area contributed by atoms with Crippen molar-refractivity contribution in [1.29, 1.82) is 5.41 Å². The van der Waals surface area contributed by atoms with Crippen LogP contribution in [0, 0.1) is 28.5 Å². The molecule has 7 nitrogen and oxygen atoms in total. The minimum absolute atomic E-state index is 0.117. The maximum atomic E-state index is 13.3. The van der Waals surface area contributed by atoms with Crippen LogP contribution in [0.4, 0.5) is 14.9 Å². The molecule has 1 aromatic heterocycles. The second-order valence-electron chi connectivity index (χ2n) is 9.51. The smallest absolute Gasteiger partial charge is 0.315 e. The van der Waals surface area contributed by atoms with E-state index < -0.39 is 0 Å². The molecule has 4 N–H and O–H groups in total. The van der Waals surface area contributed by atoms with E-state index in [0.717, 1.165) is 37.0 Å². The number of aromatic nitrogens is 1. The van der Waals surface area contributed by atoms with Crippen LogP contribution in [0.3, 0.4) is 0 Å². The average Bonchev–Trinajstić information content (AvgIpc) is 3.18. The summed E-state index contributed by atoms with van der Waals surface area (Å²) in [6, 6.07) is 9.38. The fourth-order valence-electron chi connectivity index (χ4n) is 5.40. The Hall–Kier alpha value is -3.39. The number of urea groups is 1. The highest BCUT2D eigenvalue weighted by Crippen LogP contribution is 2.56. The van der Waals surface area contributed by atoms with Crippen molar-refractivity contribution in [2.45, 2.75) is 38.6 Å². The summed E-state index contributed by atoms with van der Waals surface area (Å²) in [7, 11) is 0. The van der Waals surface area contributed by atoms with Crippen LogP contribution < -0.4 is 10.6 Å². The number of halogens is 1. The Morgan fingerprint density at radius 1 is 1.37 bits per heavy atom. The summed E-state index contributed by atoms with van der Waals surface area (Å²) in [6.07, 6.45) is 10.5. The molecule has 4 unspecified atom stereocenters. The summed E-state index contributed by atoms with van der Waals surface area (Å²) < 4.78 is 13.3. The summed E-state index contributed by atoms with van der Waals surface area (Å²) in [5, 5.41) is 22.8. The van der Waals surface area contributed by atoms with Crippen molar-refractivity contribution in [3.8, 4) is 0 Å². The van der Waals surface area contributed by atoms with E-state index in [2.05, 4.69) is 28.6 Å². The van der Waals surface area contributed by atoms with Gasteiger partial charge in [-0.2, -0.15) is 0 Å². The monoisotopic (exact) mass is 477 g/mol. The third-order valence-electron chi connectivity index (χ3n) is 7.34. The van der Waals surface area contributed by atoms with E-state index in [1.54, 1.807) is 24.5 Å². The molecule has 2 aliphatic rings. The van der Waals surface area contributed by atoms with Gasteiger partial charge in [0.25, 0.3) is 0 Å². The quantitative estimate of drug-likeness (QED) is 0.413. The van der Waals surface area contributed by atoms with Crippen LogP contribution in [0.5, 0.6) is 0 Å². The van der Waals surface area contributed by atoms with E-state index in [1.165, 1.54) is 23.9 Å². The first-order valence-corrected chi connectivity index (χ1v) is 12.0. The lowest BCUT2D eigenvalue weighted by atomic mass is 9.65. The number of aliphatic hydroxyl groups is 1. The molecule has 35 heavy (non-hydrogen) atoms. The number of carbonyl (C=O) groups is 1. The maximum absolute atomic E-state index is 13.3. The second-order valence-corrected chi connectivity index (χ2v) is 9.51. The third-order valence-corrected chi connectivity index (χ3v) is 7.34. The largest absolute Gasteiger partial charge is 0.395 e. The van der Waals surface area contributed by atoms with Crippen LogP contribution >= 0.6 is 0 Å². The molecule has 1 saturated carbocycles. The van der Waals surface area contributed by atoms with Gasteiger partial charge in [0.15, 0.2) is 0 Å². The lowest BCUT2D eigenvalue weighted by Crippen LogP contribution is -2.41. The standard InChI is InChI=1S/C27H32FN5O2/c1-27-15-19(16-29)25(32-23-8-6-22(28)7-9-23)14-21(27)5-4-20(27)13-24(18-3-2-10-30-17-18)33-26(35)31-11-12-34/h2-3,6-10,14,16-17,19-20,24,29,34H,4-5,11-13,15H2,1H3,(H2,31,33,35). The number of rotatable bonds is 8. The van der Waals surface area contributed by atoms with Crippen molar-refractivity contribution < 1.29 is 14.3 Å². The third kappa shape index (κ3) is 5.65. The van der Waals surface area contributed by atoms with Crippen LogP contribution in [0.25, 0.3) is 0 Å². The summed E-state index contributed by atoms with van der Waals surface area (Å²) in [5.41, 5.74) is 3.65. The molecule has 0 aliphatic heterocycles. The van der Waals surface area contributed by atoms with Crippen LogP contribution in [-0.4, -0.2) is 41.2 Å². The Balaban J connectivity index is 1.58. The van der Waals surface area contributed by atoms with Gasteiger partial charge in [0, 0.05) is 36.8 Å². The van der Waals surface area contributed by atoms with Gasteiger partial charge in [-0.15, -0.1) is 0 Å². The Morgan fingerprint density at radius 2 is 2.17 bits per heavy atom. The van der Waals surface area contributed by atoms with Gasteiger partial charge < -0.3 is 21.1 Å². The van der Waals surface area contributed by atoms with Crippen molar-refractivity contribution in [1.82, 2.24) is 15.6 Å². The Labute approximate surface area is 205 Å². The van der Waals surface area contributed by atoms with E-state index in [4.69, 9.17) is 15.5 Å². The lowest BCUT2D eigenvalue weighted by Gasteiger charge is -2.40. The molecule has 0 saturated heterocycles. The van der Waals surface area contributed by atoms with Crippen molar-refractivity contribution in [2.24, 2.45) is 22.2 Å². The Bertz CT molecular complexity index is 1100. The number of fused-ring (bicyclic) bond motifs is 1. The molecule has 0 bridgehead atoms. The zero-order chi connectivity index (χ0) is 24.8. The first-order chi connectivity index (χ1) is 16.9. The van der Waals surface area contributed by atoms with Crippen LogP contribution in [0.15, 0.2) is 65.4 Å². The zero-order valence-electron chi connectivity index (χ0n) is 19.9. The molecule has 184 valence electrons. The summed E-state index contributed by atoms with van der Waals surface area (Å²) in [6.45, 7) is 2.33. The number of hydrogen-bond acceptors (Lipinski definition) is 5. The molecule has 8 heteroatoms. The average molecular weight is 478 g/mol. The van der Waals surface area contributed by atoms with Crippen LogP contribution in [-0.2, 0) is 0 Å². The van der Waals surface area contributed by atoms with E-state index in [1.807, 2.05) is 12.1 Å². The number of pyridine rings is 1. The van der Waals surface area contributed by atoms with Gasteiger partial charge >= 0.3 is 6.03 Å². The maximum Gasteiger partial charge on any atom is 0.315 e.